The second-order valence-corrected chi connectivity index (χ2v) is 3.30. The summed E-state index contributed by atoms with van der Waals surface area (Å²) in [6.07, 6.45) is 2.00. The molecule has 0 unspecified atom stereocenters. The van der Waals surface area contributed by atoms with Crippen LogP contribution in [0.5, 0.6) is 0 Å². The Hall–Kier alpha value is -0.220. The minimum absolute atomic E-state index is 0.376. The summed E-state index contributed by atoms with van der Waals surface area (Å²) in [5.41, 5.74) is 0. The van der Waals surface area contributed by atoms with Crippen molar-refractivity contribution < 1.29 is 9.59 Å². The minimum Gasteiger partial charge on any atom is -0.273 e. The molecule has 0 aromatic heterocycles. The van der Waals surface area contributed by atoms with Crippen LogP contribution in [-0.2, 0) is 0 Å². The minimum atomic E-state index is -0.820. The van der Waals surface area contributed by atoms with Crippen LogP contribution in [0.3, 0.4) is 0 Å². The van der Waals surface area contributed by atoms with Gasteiger partial charge in [-0.2, -0.15) is 0 Å². The van der Waals surface area contributed by atoms with Gasteiger partial charge in [0, 0.05) is 5.75 Å². The summed E-state index contributed by atoms with van der Waals surface area (Å²) in [6, 6.07) is 0. The molecule has 0 saturated carbocycles. The van der Waals surface area contributed by atoms with Crippen molar-refractivity contribution in [2.45, 2.75) is 19.8 Å². The zero-order chi connectivity index (χ0) is 8.69. The molecular weight excluding hydrogens is 186 g/mol. The molecule has 0 aliphatic carbocycles. The van der Waals surface area contributed by atoms with Crippen LogP contribution < -0.4 is 5.32 Å². The average Bonchev–Trinajstić information content (AvgIpc) is 1.86. The molecule has 3 nitrogen and oxygen atoms in total. The molecule has 0 fully saturated rings. The Morgan fingerprint density at radius 2 is 2.18 bits per heavy atom. The fourth-order valence-corrected chi connectivity index (χ4v) is 1.35. The predicted molar refractivity (Wildman–Crippen MR) is 47.1 cm³/mol. The third-order valence-electron chi connectivity index (χ3n) is 0.931. The SMILES string of the molecule is CCCCSC(=O)NC(=O)Cl. The molecule has 0 heterocycles. The number of hydrogen-bond donors (Lipinski definition) is 1. The van der Waals surface area contributed by atoms with Gasteiger partial charge in [0.15, 0.2) is 0 Å². The van der Waals surface area contributed by atoms with Gasteiger partial charge in [0.2, 0.25) is 0 Å². The molecule has 0 aliphatic heterocycles. The number of carbonyl (C=O) groups is 2. The van der Waals surface area contributed by atoms with E-state index in [0.29, 0.717) is 0 Å². The first-order valence-electron chi connectivity index (χ1n) is 3.30. The molecule has 64 valence electrons. The van der Waals surface area contributed by atoms with Crippen molar-refractivity contribution in [2.24, 2.45) is 0 Å². The number of nitrogens with one attached hydrogen (secondary N) is 1. The van der Waals surface area contributed by atoms with Crippen molar-refractivity contribution >= 4 is 34.0 Å². The van der Waals surface area contributed by atoms with Crippen LogP contribution in [0.1, 0.15) is 19.8 Å². The van der Waals surface area contributed by atoms with Crippen LogP contribution in [0.2, 0.25) is 0 Å². The number of thioether (sulfide) groups is 1. The fraction of sp³-hybridized carbons (Fsp3) is 0.667. The van der Waals surface area contributed by atoms with Gasteiger partial charge in [-0.15, -0.1) is 0 Å². The fourth-order valence-electron chi connectivity index (χ4n) is 0.426. The van der Waals surface area contributed by atoms with E-state index in [2.05, 4.69) is 0 Å². The number of hydrogen-bond acceptors (Lipinski definition) is 3. The van der Waals surface area contributed by atoms with E-state index in [1.165, 1.54) is 0 Å². The molecule has 11 heavy (non-hydrogen) atoms. The molecule has 1 N–H and O–H groups in total. The zero-order valence-electron chi connectivity index (χ0n) is 6.22. The zero-order valence-corrected chi connectivity index (χ0v) is 7.80. The quantitative estimate of drug-likeness (QED) is 0.428. The Morgan fingerprint density at radius 1 is 1.55 bits per heavy atom. The number of imide groups is 1. The van der Waals surface area contributed by atoms with Crippen molar-refractivity contribution in [1.82, 2.24) is 5.32 Å². The molecule has 0 atom stereocenters. The highest BCUT2D eigenvalue weighted by atomic mass is 35.5. The Bertz CT molecular complexity index is 152. The lowest BCUT2D eigenvalue weighted by atomic mass is 10.4. The summed E-state index contributed by atoms with van der Waals surface area (Å²) in [6.45, 7) is 2.03. The van der Waals surface area contributed by atoms with E-state index in [1.54, 1.807) is 0 Å². The molecule has 0 radical (unpaired) electrons. The first-order chi connectivity index (χ1) is 5.16. The van der Waals surface area contributed by atoms with Gasteiger partial charge >= 0.3 is 5.37 Å². The normalized spacial score (nSPS) is 9.27. The maximum atomic E-state index is 10.7. The standard InChI is InChI=1S/C6H10ClNO2S/c1-2-3-4-11-6(10)8-5(7)9/h2-4H2,1H3,(H,8,9,10). The van der Waals surface area contributed by atoms with Gasteiger partial charge in [-0.1, -0.05) is 25.1 Å². The first kappa shape index (κ1) is 10.8. The van der Waals surface area contributed by atoms with Crippen LogP contribution in [0.25, 0.3) is 0 Å². The predicted octanol–water partition coefficient (Wildman–Crippen LogP) is 2.59. The Labute approximate surface area is 74.9 Å². The monoisotopic (exact) mass is 195 g/mol. The van der Waals surface area contributed by atoms with Gasteiger partial charge in [-0.3, -0.25) is 14.9 Å². The van der Waals surface area contributed by atoms with E-state index >= 15 is 0 Å². The average molecular weight is 196 g/mol. The summed E-state index contributed by atoms with van der Waals surface area (Å²) < 4.78 is 0. The Balaban J connectivity index is 3.30. The van der Waals surface area contributed by atoms with E-state index in [-0.39, 0.29) is 5.24 Å². The molecule has 0 aliphatic rings. The largest absolute Gasteiger partial charge is 0.321 e. The van der Waals surface area contributed by atoms with Crippen LogP contribution in [0, 0.1) is 0 Å². The molecule has 0 aromatic carbocycles. The lowest BCUT2D eigenvalue weighted by molar-refractivity contribution is 0.250. The van der Waals surface area contributed by atoms with E-state index < -0.39 is 5.37 Å². The number of rotatable bonds is 3. The third-order valence-corrected chi connectivity index (χ3v) is 1.88. The van der Waals surface area contributed by atoms with Crippen LogP contribution in [0.4, 0.5) is 9.59 Å². The number of halogens is 1. The molecule has 0 bridgehead atoms. The summed E-state index contributed by atoms with van der Waals surface area (Å²) >= 11 is 5.98. The van der Waals surface area contributed by atoms with Gasteiger partial charge in [-0.05, 0) is 18.0 Å². The lowest BCUT2D eigenvalue weighted by Crippen LogP contribution is -2.21. The topological polar surface area (TPSA) is 46.2 Å². The van der Waals surface area contributed by atoms with Gasteiger partial charge in [0.25, 0.3) is 5.24 Å². The van der Waals surface area contributed by atoms with E-state index in [4.69, 9.17) is 11.6 Å². The molecule has 0 rings (SSSR count). The molecule has 5 heteroatoms. The van der Waals surface area contributed by atoms with Crippen molar-refractivity contribution in [3.8, 4) is 0 Å². The summed E-state index contributed by atoms with van der Waals surface area (Å²) in [7, 11) is 0. The molecule has 0 saturated heterocycles. The van der Waals surface area contributed by atoms with Gasteiger partial charge in [0.1, 0.15) is 0 Å². The number of carbonyl (C=O) groups excluding carboxylic acids is 2. The van der Waals surface area contributed by atoms with Crippen LogP contribution in [-0.4, -0.2) is 16.4 Å². The summed E-state index contributed by atoms with van der Waals surface area (Å²) in [4.78, 5) is 20.8. The Morgan fingerprint density at radius 3 is 2.64 bits per heavy atom. The van der Waals surface area contributed by atoms with Crippen molar-refractivity contribution in [3.63, 3.8) is 0 Å². The van der Waals surface area contributed by atoms with E-state index in [0.717, 1.165) is 30.4 Å². The molecule has 0 aromatic rings. The van der Waals surface area contributed by atoms with Gasteiger partial charge in [0.05, 0.1) is 0 Å². The number of unbranched alkanes of at least 4 members (excludes halogenated alkanes) is 1. The second kappa shape index (κ2) is 6.49. The summed E-state index contributed by atoms with van der Waals surface area (Å²) in [5, 5.41) is 0.755. The highest BCUT2D eigenvalue weighted by Gasteiger charge is 2.03. The smallest absolute Gasteiger partial charge is 0.273 e. The molecular formula is C6H10ClNO2S. The van der Waals surface area contributed by atoms with E-state index in [9.17, 15) is 9.59 Å². The molecule has 0 spiro atoms. The van der Waals surface area contributed by atoms with Gasteiger partial charge < -0.3 is 0 Å². The van der Waals surface area contributed by atoms with Crippen molar-refractivity contribution in [2.75, 3.05) is 5.75 Å². The van der Waals surface area contributed by atoms with Gasteiger partial charge in [-0.25, -0.2) is 0 Å². The van der Waals surface area contributed by atoms with E-state index in [1.807, 2.05) is 12.2 Å². The highest BCUT2D eigenvalue weighted by molar-refractivity contribution is 8.13. The van der Waals surface area contributed by atoms with Crippen molar-refractivity contribution in [3.05, 3.63) is 0 Å². The molecule has 2 amide bonds. The number of amides is 2. The van der Waals surface area contributed by atoms with Crippen LogP contribution in [0.15, 0.2) is 0 Å². The maximum Gasteiger partial charge on any atom is 0.321 e. The van der Waals surface area contributed by atoms with Crippen molar-refractivity contribution in [1.29, 1.82) is 0 Å². The lowest BCUT2D eigenvalue weighted by Gasteiger charge is -1.97. The maximum absolute atomic E-state index is 10.7. The Kier molecular flexibility index (Phi) is 6.36. The third kappa shape index (κ3) is 7.68. The van der Waals surface area contributed by atoms with Crippen LogP contribution >= 0.6 is 23.4 Å². The second-order valence-electron chi connectivity index (χ2n) is 1.89. The first-order valence-corrected chi connectivity index (χ1v) is 4.66. The summed E-state index contributed by atoms with van der Waals surface area (Å²) in [5.74, 6) is 0.729. The highest BCUT2D eigenvalue weighted by Crippen LogP contribution is 2.05.